The molecule has 0 bridgehead atoms. The van der Waals surface area contributed by atoms with Crippen LogP contribution in [0.25, 0.3) is 11.1 Å². The molecule has 26 heavy (non-hydrogen) atoms. The van der Waals surface area contributed by atoms with E-state index in [1.54, 1.807) is 0 Å². The number of carbonyl (C=O) groups is 1. The van der Waals surface area contributed by atoms with Gasteiger partial charge < -0.3 is 9.84 Å². The molecule has 0 heterocycles. The van der Waals surface area contributed by atoms with E-state index in [0.29, 0.717) is 6.07 Å². The minimum atomic E-state index is -5.05. The van der Waals surface area contributed by atoms with E-state index in [1.165, 1.54) is 31.2 Å². The van der Waals surface area contributed by atoms with Crippen molar-refractivity contribution >= 4 is 17.6 Å². The van der Waals surface area contributed by atoms with Crippen LogP contribution < -0.4 is 0 Å². The van der Waals surface area contributed by atoms with Gasteiger partial charge in [0, 0.05) is 16.7 Å². The first-order valence-electron chi connectivity index (χ1n) is 7.70. The molecule has 1 aliphatic carbocycles. The molecule has 0 spiro atoms. The molecule has 2 atom stereocenters. The number of hydrogen-bond donors (Lipinski definition) is 1. The van der Waals surface area contributed by atoms with Crippen LogP contribution in [-0.4, -0.2) is 23.4 Å². The molecule has 3 nitrogen and oxygen atoms in total. The van der Waals surface area contributed by atoms with Crippen LogP contribution in [0.4, 0.5) is 17.6 Å². The van der Waals surface area contributed by atoms with E-state index in [9.17, 15) is 27.5 Å². The number of carboxylic acids is 1. The molecule has 0 aromatic heterocycles. The maximum Gasteiger partial charge on any atom is 0.426 e. The largest absolute Gasteiger partial charge is 0.479 e. The fraction of sp³-hybridized carbons (Fsp3) is 0.278. The highest BCUT2D eigenvalue weighted by molar-refractivity contribution is 6.33. The highest BCUT2D eigenvalue weighted by Gasteiger charge is 2.64. The van der Waals surface area contributed by atoms with Gasteiger partial charge in [0.25, 0.3) is 0 Å². The van der Waals surface area contributed by atoms with E-state index < -0.39 is 35.2 Å². The van der Waals surface area contributed by atoms with Crippen molar-refractivity contribution in [2.75, 3.05) is 0 Å². The quantitative estimate of drug-likeness (QED) is 0.737. The second kappa shape index (κ2) is 6.25. The first-order valence-corrected chi connectivity index (χ1v) is 8.08. The average molecular weight is 389 g/mol. The number of carboxylic acid groups (broad SMARTS) is 1. The summed E-state index contributed by atoms with van der Waals surface area (Å²) in [6.45, 7) is 1.39. The Morgan fingerprint density at radius 1 is 1.27 bits per heavy atom. The number of benzene rings is 2. The van der Waals surface area contributed by atoms with Crippen molar-refractivity contribution in [3.05, 3.63) is 58.4 Å². The van der Waals surface area contributed by atoms with Crippen molar-refractivity contribution in [1.29, 1.82) is 0 Å². The highest BCUT2D eigenvalue weighted by atomic mass is 35.5. The molecular formula is C18H13ClF4O3. The molecule has 2 aromatic rings. The Morgan fingerprint density at radius 2 is 1.92 bits per heavy atom. The van der Waals surface area contributed by atoms with E-state index in [2.05, 4.69) is 0 Å². The Kier molecular flexibility index (Phi) is 4.48. The number of halogens is 5. The first-order chi connectivity index (χ1) is 12.1. The molecule has 8 heteroatoms. The molecular weight excluding hydrogens is 376 g/mol. The molecule has 1 aliphatic rings. The molecule has 0 amide bonds. The molecule has 1 N–H and O–H groups in total. The lowest BCUT2D eigenvalue weighted by atomic mass is 9.89. The summed E-state index contributed by atoms with van der Waals surface area (Å²) in [6, 6.07) is 7.10. The third kappa shape index (κ3) is 2.57. The summed E-state index contributed by atoms with van der Waals surface area (Å²) >= 11 is 6.03. The van der Waals surface area contributed by atoms with E-state index in [4.69, 9.17) is 16.3 Å². The van der Waals surface area contributed by atoms with E-state index >= 15 is 0 Å². The second-order valence-corrected chi connectivity index (χ2v) is 6.29. The first kappa shape index (κ1) is 18.7. The van der Waals surface area contributed by atoms with Gasteiger partial charge in [-0.15, -0.1) is 0 Å². The van der Waals surface area contributed by atoms with E-state index in [0.717, 1.165) is 6.07 Å². The fourth-order valence-corrected chi connectivity index (χ4v) is 3.61. The van der Waals surface area contributed by atoms with Gasteiger partial charge in [-0.05, 0) is 24.1 Å². The van der Waals surface area contributed by atoms with Crippen LogP contribution in [0.3, 0.4) is 0 Å². The Balaban J connectivity index is 2.40. The van der Waals surface area contributed by atoms with E-state index in [1.807, 2.05) is 0 Å². The Hall–Kier alpha value is -2.12. The van der Waals surface area contributed by atoms with Crippen LogP contribution >= 0.6 is 11.6 Å². The molecule has 0 saturated heterocycles. The molecule has 0 aliphatic heterocycles. The molecule has 0 fully saturated rings. The molecule has 138 valence electrons. The van der Waals surface area contributed by atoms with Gasteiger partial charge in [-0.3, -0.25) is 0 Å². The number of aliphatic carboxylic acids is 1. The topological polar surface area (TPSA) is 46.5 Å². The number of ether oxygens (including phenoxy) is 1. The predicted molar refractivity (Wildman–Crippen MR) is 86.5 cm³/mol. The van der Waals surface area contributed by atoms with Crippen LogP contribution in [0.1, 0.15) is 24.5 Å². The van der Waals surface area contributed by atoms with Crippen molar-refractivity contribution in [2.24, 2.45) is 0 Å². The zero-order valence-electron chi connectivity index (χ0n) is 13.4. The summed E-state index contributed by atoms with van der Waals surface area (Å²) in [4.78, 5) is 11.4. The van der Waals surface area contributed by atoms with Crippen molar-refractivity contribution in [3.63, 3.8) is 0 Å². The molecule has 2 unspecified atom stereocenters. The van der Waals surface area contributed by atoms with Gasteiger partial charge in [0.05, 0.1) is 5.02 Å². The zero-order valence-corrected chi connectivity index (χ0v) is 14.2. The standard InChI is InChI=1S/C18H13ClF4O3/c1-2-14(16(24)25)26-17(18(21,22)23)11-6-4-3-5-10(11)15-12(17)7-9(20)8-13(15)19/h3-8,14H,2H2,1H3,(H,24,25). The molecule has 0 saturated carbocycles. The summed E-state index contributed by atoms with van der Waals surface area (Å²) in [5.41, 5.74) is -3.86. The van der Waals surface area contributed by atoms with Crippen molar-refractivity contribution < 1.29 is 32.2 Å². The predicted octanol–water partition coefficient (Wildman–Crippen LogP) is 5.15. The Labute approximate surface area is 151 Å². The van der Waals surface area contributed by atoms with Gasteiger partial charge in [0.15, 0.2) is 6.10 Å². The third-order valence-electron chi connectivity index (χ3n) is 4.37. The van der Waals surface area contributed by atoms with Gasteiger partial charge in [-0.1, -0.05) is 42.8 Å². The highest BCUT2D eigenvalue weighted by Crippen LogP contribution is 2.59. The number of rotatable bonds is 4. The van der Waals surface area contributed by atoms with Crippen LogP contribution in [-0.2, 0) is 15.1 Å². The van der Waals surface area contributed by atoms with Gasteiger partial charge in [0.1, 0.15) is 5.82 Å². The van der Waals surface area contributed by atoms with Crippen molar-refractivity contribution in [1.82, 2.24) is 0 Å². The van der Waals surface area contributed by atoms with Crippen LogP contribution in [0.5, 0.6) is 0 Å². The SMILES string of the molecule is CCC(OC1(C(F)(F)F)c2ccccc2-c2c(Cl)cc(F)cc21)C(=O)O. The molecule has 3 rings (SSSR count). The summed E-state index contributed by atoms with van der Waals surface area (Å²) in [5.74, 6) is -2.51. The maximum absolute atomic E-state index is 14.3. The van der Waals surface area contributed by atoms with E-state index in [-0.39, 0.29) is 28.1 Å². The number of alkyl halides is 3. The summed E-state index contributed by atoms with van der Waals surface area (Å²) < 4.78 is 62.1. The fourth-order valence-electron chi connectivity index (χ4n) is 3.30. The Bertz CT molecular complexity index is 881. The van der Waals surface area contributed by atoms with Crippen LogP contribution in [0.15, 0.2) is 36.4 Å². The van der Waals surface area contributed by atoms with Crippen LogP contribution in [0.2, 0.25) is 5.02 Å². The third-order valence-corrected chi connectivity index (χ3v) is 4.67. The zero-order chi connectivity index (χ0) is 19.3. The van der Waals surface area contributed by atoms with Crippen molar-refractivity contribution in [2.45, 2.75) is 31.2 Å². The van der Waals surface area contributed by atoms with Crippen molar-refractivity contribution in [3.8, 4) is 11.1 Å². The van der Waals surface area contributed by atoms with Gasteiger partial charge in [-0.2, -0.15) is 13.2 Å². The van der Waals surface area contributed by atoms with Gasteiger partial charge in [0.2, 0.25) is 5.60 Å². The number of hydrogen-bond acceptors (Lipinski definition) is 2. The minimum absolute atomic E-state index is 0.0127. The number of fused-ring (bicyclic) bond motifs is 3. The molecule has 2 aromatic carbocycles. The second-order valence-electron chi connectivity index (χ2n) is 5.89. The maximum atomic E-state index is 14.3. The minimum Gasteiger partial charge on any atom is -0.479 e. The Morgan fingerprint density at radius 3 is 2.50 bits per heavy atom. The van der Waals surface area contributed by atoms with Gasteiger partial charge >= 0.3 is 12.1 Å². The van der Waals surface area contributed by atoms with Gasteiger partial charge in [-0.25, -0.2) is 9.18 Å². The summed E-state index contributed by atoms with van der Waals surface area (Å²) in [7, 11) is 0. The normalized spacial score (nSPS) is 19.8. The lowest BCUT2D eigenvalue weighted by Crippen LogP contribution is -2.48. The summed E-state index contributed by atoms with van der Waals surface area (Å²) in [5, 5.41) is 9.02. The smallest absolute Gasteiger partial charge is 0.426 e. The average Bonchev–Trinajstić information content (AvgIpc) is 2.83. The van der Waals surface area contributed by atoms with Crippen LogP contribution in [0, 0.1) is 5.82 Å². The summed E-state index contributed by atoms with van der Waals surface area (Å²) in [6.07, 6.45) is -6.99. The monoisotopic (exact) mass is 388 g/mol. The lowest BCUT2D eigenvalue weighted by Gasteiger charge is -2.36. The lowest BCUT2D eigenvalue weighted by molar-refractivity contribution is -0.278. The molecule has 0 radical (unpaired) electrons.